The van der Waals surface area contributed by atoms with Crippen LogP contribution in [0.5, 0.6) is 0 Å². The van der Waals surface area contributed by atoms with E-state index in [2.05, 4.69) is 36.5 Å². The Labute approximate surface area is 105 Å². The number of hydrogen-bond donors (Lipinski definition) is 3. The lowest BCUT2D eigenvalue weighted by molar-refractivity contribution is 0.297. The van der Waals surface area contributed by atoms with Gasteiger partial charge in [0.2, 0.25) is 5.96 Å². The van der Waals surface area contributed by atoms with Gasteiger partial charge in [-0.2, -0.15) is 0 Å². The molecule has 0 heterocycles. The summed E-state index contributed by atoms with van der Waals surface area (Å²) in [6.45, 7) is 8.42. The third kappa shape index (κ3) is 4.54. The highest BCUT2D eigenvalue weighted by Crippen LogP contribution is 2.41. The second-order valence-corrected chi connectivity index (χ2v) is 5.64. The van der Waals surface area contributed by atoms with Crippen LogP contribution in [0.4, 0.5) is 0 Å². The number of nitrogens with zero attached hydrogens (tertiary/aromatic N) is 1. The van der Waals surface area contributed by atoms with E-state index in [0.29, 0.717) is 11.3 Å². The molecule has 100 valence electrons. The SMILES string of the molecule is CCC1(CN=C(NN)NCC(C)C)CCCC1. The Morgan fingerprint density at radius 3 is 2.47 bits per heavy atom. The Kier molecular flexibility index (Phi) is 5.75. The summed E-state index contributed by atoms with van der Waals surface area (Å²) in [4.78, 5) is 4.61. The maximum atomic E-state index is 5.49. The lowest BCUT2D eigenvalue weighted by atomic mass is 9.84. The van der Waals surface area contributed by atoms with Gasteiger partial charge in [0.1, 0.15) is 0 Å². The Hall–Kier alpha value is -0.770. The molecule has 1 fully saturated rings. The van der Waals surface area contributed by atoms with E-state index in [4.69, 9.17) is 5.84 Å². The maximum Gasteiger partial charge on any atom is 0.205 e. The van der Waals surface area contributed by atoms with Crippen LogP contribution in [0, 0.1) is 11.3 Å². The average Bonchev–Trinajstić information content (AvgIpc) is 2.78. The molecular formula is C13H28N4. The minimum Gasteiger partial charge on any atom is -0.355 e. The van der Waals surface area contributed by atoms with Crippen molar-refractivity contribution in [3.05, 3.63) is 0 Å². The zero-order chi connectivity index (χ0) is 12.7. The average molecular weight is 240 g/mol. The van der Waals surface area contributed by atoms with Gasteiger partial charge in [-0.05, 0) is 30.6 Å². The summed E-state index contributed by atoms with van der Waals surface area (Å²) in [6.07, 6.45) is 6.56. The van der Waals surface area contributed by atoms with E-state index in [-0.39, 0.29) is 0 Å². The molecule has 0 radical (unpaired) electrons. The molecule has 17 heavy (non-hydrogen) atoms. The van der Waals surface area contributed by atoms with Gasteiger partial charge in [0.05, 0.1) is 0 Å². The highest BCUT2D eigenvalue weighted by atomic mass is 15.3. The van der Waals surface area contributed by atoms with Gasteiger partial charge >= 0.3 is 0 Å². The summed E-state index contributed by atoms with van der Waals surface area (Å²) >= 11 is 0. The summed E-state index contributed by atoms with van der Waals surface area (Å²) in [5.41, 5.74) is 3.09. The third-order valence-corrected chi connectivity index (χ3v) is 3.80. The molecule has 4 nitrogen and oxygen atoms in total. The number of rotatable bonds is 5. The molecule has 0 saturated heterocycles. The zero-order valence-electron chi connectivity index (χ0n) is 11.6. The van der Waals surface area contributed by atoms with E-state index in [1.807, 2.05) is 0 Å². The predicted octanol–water partition coefficient (Wildman–Crippen LogP) is 2.02. The van der Waals surface area contributed by atoms with Crippen molar-refractivity contribution in [1.82, 2.24) is 10.7 Å². The first-order valence-corrected chi connectivity index (χ1v) is 6.87. The molecular weight excluding hydrogens is 212 g/mol. The Morgan fingerprint density at radius 2 is 2.00 bits per heavy atom. The smallest absolute Gasteiger partial charge is 0.205 e. The number of hydrogen-bond acceptors (Lipinski definition) is 2. The second kappa shape index (κ2) is 6.84. The molecule has 0 bridgehead atoms. The van der Waals surface area contributed by atoms with Crippen LogP contribution in [-0.2, 0) is 0 Å². The number of nitrogens with two attached hydrogens (primary N) is 1. The fourth-order valence-electron chi connectivity index (χ4n) is 2.45. The first kappa shape index (κ1) is 14.3. The molecule has 4 heteroatoms. The topological polar surface area (TPSA) is 62.4 Å². The number of hydrazine groups is 1. The van der Waals surface area contributed by atoms with E-state index in [1.54, 1.807) is 0 Å². The van der Waals surface area contributed by atoms with Crippen LogP contribution in [0.1, 0.15) is 52.9 Å². The van der Waals surface area contributed by atoms with Crippen LogP contribution in [0.2, 0.25) is 0 Å². The normalized spacial score (nSPS) is 19.7. The molecule has 1 rings (SSSR count). The van der Waals surface area contributed by atoms with Gasteiger partial charge in [0, 0.05) is 13.1 Å². The summed E-state index contributed by atoms with van der Waals surface area (Å²) in [6, 6.07) is 0. The fraction of sp³-hybridized carbons (Fsp3) is 0.923. The van der Waals surface area contributed by atoms with E-state index in [0.717, 1.165) is 19.0 Å². The zero-order valence-corrected chi connectivity index (χ0v) is 11.6. The standard InChI is InChI=1S/C13H28N4/c1-4-13(7-5-6-8-13)10-16-12(17-14)15-9-11(2)3/h11H,4-10,14H2,1-3H3,(H2,15,16,17). The number of nitrogens with one attached hydrogen (secondary N) is 2. The van der Waals surface area contributed by atoms with Crippen LogP contribution < -0.4 is 16.6 Å². The molecule has 1 saturated carbocycles. The van der Waals surface area contributed by atoms with Crippen LogP contribution >= 0.6 is 0 Å². The first-order chi connectivity index (χ1) is 8.12. The largest absolute Gasteiger partial charge is 0.355 e. The van der Waals surface area contributed by atoms with Crippen molar-refractivity contribution >= 4 is 5.96 Å². The minimum absolute atomic E-state index is 0.432. The second-order valence-electron chi connectivity index (χ2n) is 5.64. The molecule has 0 unspecified atom stereocenters. The molecule has 0 spiro atoms. The number of aliphatic imine (C=N–C) groups is 1. The first-order valence-electron chi connectivity index (χ1n) is 6.87. The molecule has 0 atom stereocenters. The molecule has 0 aromatic carbocycles. The lowest BCUT2D eigenvalue weighted by Crippen LogP contribution is -2.43. The van der Waals surface area contributed by atoms with E-state index < -0.39 is 0 Å². The lowest BCUT2D eigenvalue weighted by Gasteiger charge is -2.25. The number of guanidine groups is 1. The Balaban J connectivity index is 2.47. The van der Waals surface area contributed by atoms with Crippen molar-refractivity contribution in [2.45, 2.75) is 52.9 Å². The predicted molar refractivity (Wildman–Crippen MR) is 73.7 cm³/mol. The van der Waals surface area contributed by atoms with Gasteiger partial charge < -0.3 is 5.32 Å². The van der Waals surface area contributed by atoms with Crippen molar-refractivity contribution in [1.29, 1.82) is 0 Å². The van der Waals surface area contributed by atoms with Crippen LogP contribution in [0.25, 0.3) is 0 Å². The monoisotopic (exact) mass is 240 g/mol. The van der Waals surface area contributed by atoms with Gasteiger partial charge in [-0.15, -0.1) is 0 Å². The molecule has 4 N–H and O–H groups in total. The fourth-order valence-corrected chi connectivity index (χ4v) is 2.45. The summed E-state index contributed by atoms with van der Waals surface area (Å²) < 4.78 is 0. The van der Waals surface area contributed by atoms with Gasteiger partial charge in [-0.3, -0.25) is 10.4 Å². The Morgan fingerprint density at radius 1 is 1.35 bits per heavy atom. The quantitative estimate of drug-likeness (QED) is 0.298. The minimum atomic E-state index is 0.432. The third-order valence-electron chi connectivity index (χ3n) is 3.80. The maximum absolute atomic E-state index is 5.49. The van der Waals surface area contributed by atoms with Gasteiger partial charge in [-0.1, -0.05) is 33.6 Å². The highest BCUT2D eigenvalue weighted by Gasteiger charge is 2.31. The highest BCUT2D eigenvalue weighted by molar-refractivity contribution is 5.79. The van der Waals surface area contributed by atoms with E-state index in [1.165, 1.54) is 32.1 Å². The summed E-state index contributed by atoms with van der Waals surface area (Å²) in [5.74, 6) is 6.82. The molecule has 0 amide bonds. The van der Waals surface area contributed by atoms with Crippen molar-refractivity contribution in [3.63, 3.8) is 0 Å². The molecule has 0 aromatic heterocycles. The van der Waals surface area contributed by atoms with E-state index >= 15 is 0 Å². The van der Waals surface area contributed by atoms with Crippen molar-refractivity contribution < 1.29 is 0 Å². The van der Waals surface area contributed by atoms with Crippen LogP contribution in [0.15, 0.2) is 4.99 Å². The van der Waals surface area contributed by atoms with Gasteiger partial charge in [-0.25, -0.2) is 5.84 Å². The van der Waals surface area contributed by atoms with Crippen LogP contribution in [0.3, 0.4) is 0 Å². The summed E-state index contributed by atoms with van der Waals surface area (Å²) in [5, 5.41) is 3.25. The van der Waals surface area contributed by atoms with Crippen molar-refractivity contribution in [2.75, 3.05) is 13.1 Å². The van der Waals surface area contributed by atoms with E-state index in [9.17, 15) is 0 Å². The van der Waals surface area contributed by atoms with Crippen LogP contribution in [-0.4, -0.2) is 19.0 Å². The van der Waals surface area contributed by atoms with Crippen molar-refractivity contribution in [3.8, 4) is 0 Å². The molecule has 1 aliphatic carbocycles. The van der Waals surface area contributed by atoms with Crippen molar-refractivity contribution in [2.24, 2.45) is 22.2 Å². The molecule has 1 aliphatic rings. The molecule has 0 aromatic rings. The Bertz CT molecular complexity index is 242. The summed E-state index contributed by atoms with van der Waals surface area (Å²) in [7, 11) is 0. The van der Waals surface area contributed by atoms with Gasteiger partial charge in [0.25, 0.3) is 0 Å². The molecule has 0 aliphatic heterocycles. The van der Waals surface area contributed by atoms with Gasteiger partial charge in [0.15, 0.2) is 0 Å².